The van der Waals surface area contributed by atoms with Crippen molar-refractivity contribution in [1.29, 1.82) is 0 Å². The van der Waals surface area contributed by atoms with E-state index in [1.54, 1.807) is 18.2 Å². The number of methoxy groups -OCH3 is 1. The van der Waals surface area contributed by atoms with Crippen molar-refractivity contribution < 1.29 is 13.2 Å². The lowest BCUT2D eigenvalue weighted by Crippen LogP contribution is -2.11. The average molecular weight is 226 g/mol. The van der Waals surface area contributed by atoms with Gasteiger partial charge >= 0.3 is 0 Å². The van der Waals surface area contributed by atoms with E-state index in [1.807, 2.05) is 0 Å². The molecule has 15 heavy (non-hydrogen) atoms. The molecule has 0 unspecified atom stereocenters. The van der Waals surface area contributed by atoms with E-state index >= 15 is 0 Å². The summed E-state index contributed by atoms with van der Waals surface area (Å²) in [5.41, 5.74) is 0.525. The molecule has 0 aliphatic carbocycles. The first-order chi connectivity index (χ1) is 7.04. The summed E-state index contributed by atoms with van der Waals surface area (Å²) in [6.07, 6.45) is 2.59. The Kier molecular flexibility index (Phi) is 2.15. The highest BCUT2D eigenvalue weighted by atomic mass is 32.2. The molecule has 1 heterocycles. The molecule has 6 heteroatoms. The second kappa shape index (κ2) is 3.23. The smallest absolute Gasteiger partial charge is 0.251 e. The van der Waals surface area contributed by atoms with Gasteiger partial charge in [0.15, 0.2) is 0 Å². The lowest BCUT2D eigenvalue weighted by atomic mass is 10.2. The van der Waals surface area contributed by atoms with Gasteiger partial charge in [-0.3, -0.25) is 0 Å². The van der Waals surface area contributed by atoms with E-state index in [0.29, 0.717) is 16.7 Å². The molecule has 0 aliphatic heterocycles. The van der Waals surface area contributed by atoms with Crippen molar-refractivity contribution in [3.05, 3.63) is 24.4 Å². The highest BCUT2D eigenvalue weighted by molar-refractivity contribution is 7.89. The van der Waals surface area contributed by atoms with E-state index < -0.39 is 10.0 Å². The molecule has 0 amide bonds. The normalized spacial score (nSPS) is 11.9. The number of rotatable bonds is 2. The average Bonchev–Trinajstić information content (AvgIpc) is 2.59. The Hall–Kier alpha value is -1.56. The first-order valence-corrected chi connectivity index (χ1v) is 6.10. The maximum absolute atomic E-state index is 11.4. The van der Waals surface area contributed by atoms with Gasteiger partial charge in [-0.2, -0.15) is 9.19 Å². The maximum Gasteiger partial charge on any atom is 0.251 e. The maximum atomic E-state index is 11.4. The van der Waals surface area contributed by atoms with Crippen molar-refractivity contribution >= 4 is 20.9 Å². The van der Waals surface area contributed by atoms with Crippen LogP contribution in [0, 0.1) is 0 Å². The quantitative estimate of drug-likeness (QED) is 0.761. The molecule has 2 rings (SSSR count). The lowest BCUT2D eigenvalue weighted by Gasteiger charge is -2.02. The van der Waals surface area contributed by atoms with Crippen molar-refractivity contribution in [1.82, 2.24) is 9.19 Å². The molecule has 5 nitrogen and oxygen atoms in total. The fourth-order valence-electron chi connectivity index (χ4n) is 1.44. The number of nitrogens with zero attached hydrogens (tertiary/aromatic N) is 2. The van der Waals surface area contributed by atoms with Gasteiger partial charge in [0.05, 0.1) is 30.5 Å². The molecule has 0 N–H and O–H groups in total. The van der Waals surface area contributed by atoms with Crippen LogP contribution in [0.2, 0.25) is 0 Å². The van der Waals surface area contributed by atoms with E-state index in [2.05, 4.69) is 5.10 Å². The zero-order valence-corrected chi connectivity index (χ0v) is 9.15. The summed E-state index contributed by atoms with van der Waals surface area (Å²) in [4.78, 5) is 0. The molecule has 1 aromatic carbocycles. The van der Waals surface area contributed by atoms with E-state index in [4.69, 9.17) is 4.74 Å². The Morgan fingerprint density at radius 3 is 2.73 bits per heavy atom. The Balaban J connectivity index is 2.83. The Morgan fingerprint density at radius 2 is 2.13 bits per heavy atom. The van der Waals surface area contributed by atoms with Crippen LogP contribution in [-0.4, -0.2) is 31.0 Å². The number of aromatic nitrogens is 2. The van der Waals surface area contributed by atoms with Crippen molar-refractivity contribution in [2.24, 2.45) is 0 Å². The predicted molar refractivity (Wildman–Crippen MR) is 56.5 cm³/mol. The summed E-state index contributed by atoms with van der Waals surface area (Å²) >= 11 is 0. The van der Waals surface area contributed by atoms with E-state index in [1.165, 1.54) is 13.3 Å². The van der Waals surface area contributed by atoms with Crippen LogP contribution in [0.5, 0.6) is 5.75 Å². The highest BCUT2D eigenvalue weighted by Crippen LogP contribution is 2.25. The van der Waals surface area contributed by atoms with Crippen LogP contribution in [-0.2, 0) is 10.0 Å². The first kappa shape index (κ1) is 9.97. The summed E-state index contributed by atoms with van der Waals surface area (Å²) in [7, 11) is -1.83. The molecular formula is C9H10N2O3S. The van der Waals surface area contributed by atoms with E-state index in [9.17, 15) is 8.42 Å². The van der Waals surface area contributed by atoms with Crippen LogP contribution >= 0.6 is 0 Å². The molecule has 0 fully saturated rings. The first-order valence-electron chi connectivity index (χ1n) is 4.25. The van der Waals surface area contributed by atoms with Crippen LogP contribution in [0.4, 0.5) is 0 Å². The molecule has 0 saturated heterocycles. The number of hydrogen-bond donors (Lipinski definition) is 0. The summed E-state index contributed by atoms with van der Waals surface area (Å²) < 4.78 is 28.8. The van der Waals surface area contributed by atoms with Crippen LogP contribution < -0.4 is 4.74 Å². The number of benzene rings is 1. The third kappa shape index (κ3) is 1.56. The Morgan fingerprint density at radius 1 is 1.40 bits per heavy atom. The minimum absolute atomic E-state index is 0.525. The van der Waals surface area contributed by atoms with Gasteiger partial charge in [-0.25, -0.2) is 8.42 Å². The summed E-state index contributed by atoms with van der Waals surface area (Å²) in [5, 5.41) is 4.51. The fraction of sp³-hybridized carbons (Fsp3) is 0.222. The summed E-state index contributed by atoms with van der Waals surface area (Å²) in [6.45, 7) is 0. The van der Waals surface area contributed by atoms with E-state index in [-0.39, 0.29) is 0 Å². The molecule has 0 saturated carbocycles. The summed E-state index contributed by atoms with van der Waals surface area (Å²) in [6, 6.07) is 5.17. The van der Waals surface area contributed by atoms with Crippen LogP contribution in [0.3, 0.4) is 0 Å². The topological polar surface area (TPSA) is 61.2 Å². The monoisotopic (exact) mass is 226 g/mol. The molecule has 1 aromatic heterocycles. The van der Waals surface area contributed by atoms with Crippen molar-refractivity contribution in [2.45, 2.75) is 0 Å². The number of fused-ring (bicyclic) bond motifs is 1. The highest BCUT2D eigenvalue weighted by Gasteiger charge is 2.13. The zero-order chi connectivity index (χ0) is 11.1. The third-order valence-corrected chi connectivity index (χ3v) is 2.99. The Labute approximate surface area is 87.3 Å². The van der Waals surface area contributed by atoms with Gasteiger partial charge in [0, 0.05) is 0 Å². The number of ether oxygens (including phenoxy) is 1. The minimum atomic E-state index is -3.36. The Bertz CT molecular complexity index is 601. The van der Waals surface area contributed by atoms with Gasteiger partial charge in [-0.15, -0.1) is 0 Å². The van der Waals surface area contributed by atoms with Gasteiger partial charge in [0.1, 0.15) is 5.75 Å². The predicted octanol–water partition coefficient (Wildman–Crippen LogP) is 0.853. The molecule has 0 radical (unpaired) electrons. The molecule has 0 bridgehead atoms. The van der Waals surface area contributed by atoms with Gasteiger partial charge in [-0.05, 0) is 12.1 Å². The molecule has 2 aromatic rings. The van der Waals surface area contributed by atoms with Gasteiger partial charge < -0.3 is 4.74 Å². The second-order valence-electron chi connectivity index (χ2n) is 3.14. The van der Waals surface area contributed by atoms with Crippen LogP contribution in [0.15, 0.2) is 24.4 Å². The molecule has 0 spiro atoms. The van der Waals surface area contributed by atoms with Gasteiger partial charge in [0.2, 0.25) is 0 Å². The lowest BCUT2D eigenvalue weighted by molar-refractivity contribution is 0.420. The minimum Gasteiger partial charge on any atom is -0.496 e. The standard InChI is InChI=1S/C9H10N2O3S/c1-14-9-5-3-4-8-7(9)6-10-11(8)15(2,12)13/h3-6H,1-2H3. The van der Waals surface area contributed by atoms with Crippen molar-refractivity contribution in [3.63, 3.8) is 0 Å². The van der Waals surface area contributed by atoms with Crippen molar-refractivity contribution in [3.8, 4) is 5.75 Å². The second-order valence-corrected chi connectivity index (χ2v) is 4.96. The van der Waals surface area contributed by atoms with Crippen LogP contribution in [0.1, 0.15) is 0 Å². The third-order valence-electron chi connectivity index (χ3n) is 2.07. The van der Waals surface area contributed by atoms with Gasteiger partial charge in [0.25, 0.3) is 10.0 Å². The largest absolute Gasteiger partial charge is 0.496 e. The van der Waals surface area contributed by atoms with Crippen molar-refractivity contribution in [2.75, 3.05) is 13.4 Å². The summed E-state index contributed by atoms with van der Waals surface area (Å²) in [5.74, 6) is 0.613. The zero-order valence-electron chi connectivity index (χ0n) is 8.34. The van der Waals surface area contributed by atoms with Gasteiger partial charge in [-0.1, -0.05) is 6.07 Å². The van der Waals surface area contributed by atoms with E-state index in [0.717, 1.165) is 10.3 Å². The fourth-order valence-corrected chi connectivity index (χ4v) is 2.18. The number of hydrogen-bond acceptors (Lipinski definition) is 4. The molecule has 80 valence electrons. The molecular weight excluding hydrogens is 216 g/mol. The SMILES string of the molecule is COc1cccc2c1cnn2S(C)(=O)=O. The molecule has 0 atom stereocenters. The van der Waals surface area contributed by atoms with Crippen LogP contribution in [0.25, 0.3) is 10.9 Å². The molecule has 0 aliphatic rings.